The number of halogens is 3. The maximum absolute atomic E-state index is 13.4. The van der Waals surface area contributed by atoms with E-state index in [1.807, 2.05) is 0 Å². The number of benzene rings is 1. The van der Waals surface area contributed by atoms with Gasteiger partial charge in [0, 0.05) is 17.8 Å². The summed E-state index contributed by atoms with van der Waals surface area (Å²) in [6.45, 7) is 3.65. The zero-order chi connectivity index (χ0) is 14.9. The summed E-state index contributed by atoms with van der Waals surface area (Å²) in [6.07, 6.45) is 0. The Bertz CT molecular complexity index is 648. The Labute approximate surface area is 113 Å². The molecular formula is C13H12F3N3O. The number of hydrogen-bond acceptors (Lipinski definition) is 2. The van der Waals surface area contributed by atoms with Crippen LogP contribution in [0.15, 0.2) is 12.1 Å². The van der Waals surface area contributed by atoms with E-state index in [4.69, 9.17) is 0 Å². The molecule has 0 bridgehead atoms. The summed E-state index contributed by atoms with van der Waals surface area (Å²) in [7, 11) is 0. The SMILES string of the molecule is Cc1n[nH]c(C)c1CNC(=O)c1ccc(F)c(F)c1F. The van der Waals surface area contributed by atoms with Crippen LogP contribution in [-0.2, 0) is 6.54 Å². The van der Waals surface area contributed by atoms with Crippen molar-refractivity contribution in [1.82, 2.24) is 15.5 Å². The fourth-order valence-electron chi connectivity index (χ4n) is 1.80. The van der Waals surface area contributed by atoms with Gasteiger partial charge >= 0.3 is 0 Å². The predicted molar refractivity (Wildman–Crippen MR) is 65.5 cm³/mol. The van der Waals surface area contributed by atoms with Gasteiger partial charge in [-0.3, -0.25) is 9.89 Å². The third-order valence-electron chi connectivity index (χ3n) is 2.99. The van der Waals surface area contributed by atoms with Gasteiger partial charge in [-0.1, -0.05) is 0 Å². The van der Waals surface area contributed by atoms with Gasteiger partial charge < -0.3 is 5.32 Å². The maximum Gasteiger partial charge on any atom is 0.254 e. The van der Waals surface area contributed by atoms with Crippen molar-refractivity contribution in [3.63, 3.8) is 0 Å². The van der Waals surface area contributed by atoms with Crippen LogP contribution >= 0.6 is 0 Å². The van der Waals surface area contributed by atoms with Gasteiger partial charge in [-0.25, -0.2) is 13.2 Å². The molecular weight excluding hydrogens is 271 g/mol. The molecule has 0 radical (unpaired) electrons. The highest BCUT2D eigenvalue weighted by molar-refractivity contribution is 5.94. The molecule has 7 heteroatoms. The number of amides is 1. The normalized spacial score (nSPS) is 10.7. The minimum Gasteiger partial charge on any atom is -0.348 e. The Balaban J connectivity index is 2.16. The first-order valence-electron chi connectivity index (χ1n) is 5.84. The number of hydrogen-bond donors (Lipinski definition) is 2. The lowest BCUT2D eigenvalue weighted by molar-refractivity contribution is 0.0945. The largest absolute Gasteiger partial charge is 0.348 e. The number of aromatic amines is 1. The Hall–Kier alpha value is -2.31. The molecule has 1 aromatic carbocycles. The molecule has 0 atom stereocenters. The van der Waals surface area contributed by atoms with Gasteiger partial charge in [0.25, 0.3) is 5.91 Å². The molecule has 0 saturated carbocycles. The van der Waals surface area contributed by atoms with Crippen LogP contribution in [-0.4, -0.2) is 16.1 Å². The van der Waals surface area contributed by atoms with E-state index in [9.17, 15) is 18.0 Å². The van der Waals surface area contributed by atoms with E-state index in [1.54, 1.807) is 13.8 Å². The van der Waals surface area contributed by atoms with Crippen molar-refractivity contribution < 1.29 is 18.0 Å². The molecule has 1 aromatic heterocycles. The van der Waals surface area contributed by atoms with E-state index in [1.165, 1.54) is 0 Å². The predicted octanol–water partition coefficient (Wildman–Crippen LogP) is 2.37. The minimum absolute atomic E-state index is 0.117. The van der Waals surface area contributed by atoms with Gasteiger partial charge in [-0.15, -0.1) is 0 Å². The van der Waals surface area contributed by atoms with Crippen molar-refractivity contribution >= 4 is 5.91 Å². The third-order valence-corrected chi connectivity index (χ3v) is 2.99. The molecule has 0 aliphatic carbocycles. The summed E-state index contributed by atoms with van der Waals surface area (Å²) in [5.41, 5.74) is 1.70. The number of carbonyl (C=O) groups excluding carboxylic acids is 1. The van der Waals surface area contributed by atoms with Crippen LogP contribution < -0.4 is 5.32 Å². The second-order valence-electron chi connectivity index (χ2n) is 4.32. The lowest BCUT2D eigenvalue weighted by Gasteiger charge is -2.07. The lowest BCUT2D eigenvalue weighted by Crippen LogP contribution is -2.25. The minimum atomic E-state index is -1.66. The number of H-pyrrole nitrogens is 1. The average molecular weight is 283 g/mol. The second kappa shape index (κ2) is 5.36. The summed E-state index contributed by atoms with van der Waals surface area (Å²) in [5.74, 6) is -5.31. The molecule has 0 saturated heterocycles. The van der Waals surface area contributed by atoms with Crippen LogP contribution in [0.2, 0.25) is 0 Å². The molecule has 0 fully saturated rings. The standard InChI is InChI=1S/C13H12F3N3O/c1-6-9(7(2)19-18-6)5-17-13(20)8-3-4-10(14)12(16)11(8)15/h3-4H,5H2,1-2H3,(H,17,20)(H,18,19). The molecule has 0 aliphatic rings. The highest BCUT2D eigenvalue weighted by atomic mass is 19.2. The summed E-state index contributed by atoms with van der Waals surface area (Å²) < 4.78 is 39.3. The summed E-state index contributed by atoms with van der Waals surface area (Å²) in [4.78, 5) is 11.8. The molecule has 1 heterocycles. The van der Waals surface area contributed by atoms with E-state index in [0.29, 0.717) is 11.8 Å². The second-order valence-corrected chi connectivity index (χ2v) is 4.32. The van der Waals surface area contributed by atoms with Crippen molar-refractivity contribution in [2.45, 2.75) is 20.4 Å². The fraction of sp³-hybridized carbons (Fsp3) is 0.231. The zero-order valence-electron chi connectivity index (χ0n) is 10.9. The summed E-state index contributed by atoms with van der Waals surface area (Å²) >= 11 is 0. The van der Waals surface area contributed by atoms with Crippen LogP contribution in [0.3, 0.4) is 0 Å². The first kappa shape index (κ1) is 14.1. The number of aryl methyl sites for hydroxylation is 2. The van der Waals surface area contributed by atoms with E-state index in [0.717, 1.165) is 17.3 Å². The first-order chi connectivity index (χ1) is 9.41. The molecule has 0 unspecified atom stereocenters. The first-order valence-corrected chi connectivity index (χ1v) is 5.84. The van der Waals surface area contributed by atoms with Gasteiger partial charge in [0.1, 0.15) is 0 Å². The van der Waals surface area contributed by atoms with Crippen molar-refractivity contribution in [1.29, 1.82) is 0 Å². The molecule has 2 rings (SSSR count). The Kier molecular flexibility index (Phi) is 3.78. The van der Waals surface area contributed by atoms with E-state index < -0.39 is 28.9 Å². The highest BCUT2D eigenvalue weighted by Gasteiger charge is 2.19. The van der Waals surface area contributed by atoms with E-state index in [2.05, 4.69) is 15.5 Å². The number of nitrogens with one attached hydrogen (secondary N) is 2. The van der Waals surface area contributed by atoms with Crippen molar-refractivity contribution in [3.8, 4) is 0 Å². The molecule has 1 amide bonds. The van der Waals surface area contributed by atoms with Crippen LogP contribution in [0.1, 0.15) is 27.3 Å². The van der Waals surface area contributed by atoms with Gasteiger partial charge in [-0.2, -0.15) is 5.10 Å². The van der Waals surface area contributed by atoms with Crippen LogP contribution in [0.4, 0.5) is 13.2 Å². The van der Waals surface area contributed by atoms with Crippen LogP contribution in [0, 0.1) is 31.3 Å². The van der Waals surface area contributed by atoms with Crippen LogP contribution in [0.25, 0.3) is 0 Å². The van der Waals surface area contributed by atoms with Crippen LogP contribution in [0.5, 0.6) is 0 Å². The smallest absolute Gasteiger partial charge is 0.254 e. The van der Waals surface area contributed by atoms with Gasteiger partial charge in [-0.05, 0) is 26.0 Å². The Morgan fingerprint density at radius 1 is 1.25 bits per heavy atom. The Morgan fingerprint density at radius 2 is 1.95 bits per heavy atom. The van der Waals surface area contributed by atoms with E-state index >= 15 is 0 Å². The molecule has 106 valence electrons. The monoisotopic (exact) mass is 283 g/mol. The van der Waals surface area contributed by atoms with Crippen molar-refractivity contribution in [2.75, 3.05) is 0 Å². The van der Waals surface area contributed by atoms with Crippen molar-refractivity contribution in [3.05, 3.63) is 52.1 Å². The number of aromatic nitrogens is 2. The lowest BCUT2D eigenvalue weighted by atomic mass is 10.1. The Morgan fingerprint density at radius 3 is 2.55 bits per heavy atom. The van der Waals surface area contributed by atoms with E-state index in [-0.39, 0.29) is 6.54 Å². The molecule has 20 heavy (non-hydrogen) atoms. The van der Waals surface area contributed by atoms with Gasteiger partial charge in [0.15, 0.2) is 17.5 Å². The summed E-state index contributed by atoms with van der Waals surface area (Å²) in [6, 6.07) is 1.61. The quantitative estimate of drug-likeness (QED) is 0.850. The fourth-order valence-corrected chi connectivity index (χ4v) is 1.80. The molecule has 0 spiro atoms. The maximum atomic E-state index is 13.4. The third kappa shape index (κ3) is 2.52. The number of nitrogens with zero attached hydrogens (tertiary/aromatic N) is 1. The number of carbonyl (C=O) groups is 1. The van der Waals surface area contributed by atoms with Gasteiger partial charge in [0.2, 0.25) is 0 Å². The van der Waals surface area contributed by atoms with Gasteiger partial charge in [0.05, 0.1) is 11.3 Å². The highest BCUT2D eigenvalue weighted by Crippen LogP contribution is 2.15. The molecule has 4 nitrogen and oxygen atoms in total. The van der Waals surface area contributed by atoms with Crippen molar-refractivity contribution in [2.24, 2.45) is 0 Å². The zero-order valence-corrected chi connectivity index (χ0v) is 10.9. The molecule has 2 aromatic rings. The molecule has 2 N–H and O–H groups in total. The summed E-state index contributed by atoms with van der Waals surface area (Å²) in [5, 5.41) is 9.14. The number of rotatable bonds is 3. The molecule has 0 aliphatic heterocycles. The average Bonchev–Trinajstić information content (AvgIpc) is 2.73. The topological polar surface area (TPSA) is 57.8 Å².